The zero-order valence-corrected chi connectivity index (χ0v) is 22.9. The van der Waals surface area contributed by atoms with Crippen molar-refractivity contribution in [3.05, 3.63) is 109 Å². The van der Waals surface area contributed by atoms with Crippen molar-refractivity contribution in [2.75, 3.05) is 13.2 Å². The third-order valence-corrected chi connectivity index (χ3v) is 7.32. The minimum Gasteiger partial charge on any atom is -0.494 e. The zero-order valence-electron chi connectivity index (χ0n) is 22.0. The summed E-state index contributed by atoms with van der Waals surface area (Å²) in [6.45, 7) is 6.07. The number of hydrogen-bond acceptors (Lipinski definition) is 8. The van der Waals surface area contributed by atoms with Gasteiger partial charge in [-0.3, -0.25) is 9.36 Å². The van der Waals surface area contributed by atoms with E-state index >= 15 is 0 Å². The molecule has 9 nitrogen and oxygen atoms in total. The number of aromatic carboxylic acids is 1. The van der Waals surface area contributed by atoms with Gasteiger partial charge in [0.15, 0.2) is 4.80 Å². The zero-order chi connectivity index (χ0) is 28.4. The molecule has 4 aromatic rings. The number of benzene rings is 2. The van der Waals surface area contributed by atoms with Crippen molar-refractivity contribution in [2.45, 2.75) is 26.8 Å². The van der Waals surface area contributed by atoms with Crippen molar-refractivity contribution in [3.8, 4) is 17.1 Å². The second-order valence-corrected chi connectivity index (χ2v) is 9.90. The number of esters is 1. The predicted molar refractivity (Wildman–Crippen MR) is 149 cm³/mol. The molecule has 5 rings (SSSR count). The standard InChI is InChI=1S/C30H26N2O7S/c1-4-37-21-12-10-19(11-13-21)26-25(29(36)38-5-2)17(3)31-30-32(26)27(33)24(40-30)16-22-14-15-23(39-22)18-6-8-20(9-7-18)28(34)35/h6-16,26H,4-5H2,1-3H3,(H,34,35)/t26-/m1/s1. The molecule has 10 heteroatoms. The summed E-state index contributed by atoms with van der Waals surface area (Å²) < 4.78 is 18.8. The average Bonchev–Trinajstić information content (AvgIpc) is 3.53. The van der Waals surface area contributed by atoms with Crippen LogP contribution in [-0.2, 0) is 9.53 Å². The fourth-order valence-corrected chi connectivity index (χ4v) is 5.54. The van der Waals surface area contributed by atoms with E-state index in [0.29, 0.717) is 50.0 Å². The molecule has 0 radical (unpaired) electrons. The van der Waals surface area contributed by atoms with Gasteiger partial charge in [-0.25, -0.2) is 14.6 Å². The van der Waals surface area contributed by atoms with Crippen molar-refractivity contribution in [1.29, 1.82) is 0 Å². The summed E-state index contributed by atoms with van der Waals surface area (Å²) in [5.41, 5.74) is 2.07. The minimum absolute atomic E-state index is 0.177. The maximum absolute atomic E-state index is 13.8. The van der Waals surface area contributed by atoms with Crippen molar-refractivity contribution >= 4 is 29.4 Å². The third-order valence-electron chi connectivity index (χ3n) is 6.34. The first kappa shape index (κ1) is 26.9. The first-order valence-electron chi connectivity index (χ1n) is 12.7. The summed E-state index contributed by atoms with van der Waals surface area (Å²) in [5, 5.41) is 9.12. The predicted octanol–water partition coefficient (Wildman–Crippen LogP) is 4.16. The molecule has 0 bridgehead atoms. The van der Waals surface area contributed by atoms with E-state index in [1.165, 1.54) is 28.0 Å². The van der Waals surface area contributed by atoms with E-state index in [2.05, 4.69) is 4.99 Å². The highest BCUT2D eigenvalue weighted by molar-refractivity contribution is 7.07. The van der Waals surface area contributed by atoms with Gasteiger partial charge in [-0.1, -0.05) is 35.6 Å². The van der Waals surface area contributed by atoms with Crippen LogP contribution in [0.5, 0.6) is 5.75 Å². The summed E-state index contributed by atoms with van der Waals surface area (Å²) in [4.78, 5) is 43.0. The van der Waals surface area contributed by atoms with Gasteiger partial charge in [-0.15, -0.1) is 0 Å². The van der Waals surface area contributed by atoms with Crippen LogP contribution in [0.2, 0.25) is 0 Å². The van der Waals surface area contributed by atoms with Crippen molar-refractivity contribution < 1.29 is 28.6 Å². The number of allylic oxidation sites excluding steroid dienone is 1. The number of carbonyl (C=O) groups is 2. The summed E-state index contributed by atoms with van der Waals surface area (Å²) in [6.07, 6.45) is 1.64. The Morgan fingerprint density at radius 3 is 2.42 bits per heavy atom. The van der Waals surface area contributed by atoms with Gasteiger partial charge in [0, 0.05) is 11.6 Å². The molecule has 3 heterocycles. The Hall–Kier alpha value is -4.70. The van der Waals surface area contributed by atoms with Gasteiger partial charge >= 0.3 is 11.9 Å². The smallest absolute Gasteiger partial charge is 0.338 e. The number of carbonyl (C=O) groups excluding carboxylic acids is 1. The molecule has 0 amide bonds. The Balaban J connectivity index is 1.58. The molecular formula is C30H26N2O7S. The lowest BCUT2D eigenvalue weighted by Crippen LogP contribution is -2.39. The van der Waals surface area contributed by atoms with Gasteiger partial charge in [0.25, 0.3) is 5.56 Å². The first-order valence-corrected chi connectivity index (χ1v) is 13.5. The Morgan fingerprint density at radius 1 is 1.05 bits per heavy atom. The van der Waals surface area contributed by atoms with Gasteiger partial charge in [0.2, 0.25) is 0 Å². The summed E-state index contributed by atoms with van der Waals surface area (Å²) in [6, 6.07) is 16.4. The van der Waals surface area contributed by atoms with Crippen LogP contribution in [0, 0.1) is 0 Å². The molecule has 1 N–H and O–H groups in total. The molecule has 2 aromatic heterocycles. The molecule has 0 spiro atoms. The van der Waals surface area contributed by atoms with Crippen LogP contribution in [-0.4, -0.2) is 34.8 Å². The van der Waals surface area contributed by atoms with Crippen LogP contribution in [0.4, 0.5) is 0 Å². The lowest BCUT2D eigenvalue weighted by molar-refractivity contribution is -0.139. The average molecular weight is 559 g/mol. The van der Waals surface area contributed by atoms with Crippen LogP contribution < -0.4 is 19.6 Å². The highest BCUT2D eigenvalue weighted by atomic mass is 32.1. The second kappa shape index (κ2) is 11.2. The molecule has 1 aliphatic heterocycles. The van der Waals surface area contributed by atoms with Crippen LogP contribution in [0.25, 0.3) is 17.4 Å². The number of carboxylic acids is 1. The van der Waals surface area contributed by atoms with E-state index in [0.717, 1.165) is 5.56 Å². The molecule has 0 saturated heterocycles. The molecule has 0 aliphatic carbocycles. The monoisotopic (exact) mass is 558 g/mol. The first-order chi connectivity index (χ1) is 19.3. The number of carboxylic acid groups (broad SMARTS) is 1. The van der Waals surface area contributed by atoms with E-state index in [1.807, 2.05) is 19.1 Å². The van der Waals surface area contributed by atoms with E-state index in [4.69, 9.17) is 19.0 Å². The summed E-state index contributed by atoms with van der Waals surface area (Å²) in [7, 11) is 0. The lowest BCUT2D eigenvalue weighted by Gasteiger charge is -2.24. The maximum atomic E-state index is 13.8. The largest absolute Gasteiger partial charge is 0.494 e. The molecule has 204 valence electrons. The number of rotatable bonds is 8. The van der Waals surface area contributed by atoms with Crippen LogP contribution in [0.15, 0.2) is 86.1 Å². The number of ether oxygens (including phenoxy) is 2. The van der Waals surface area contributed by atoms with E-state index < -0.39 is 18.0 Å². The maximum Gasteiger partial charge on any atom is 0.338 e. The number of hydrogen-bond donors (Lipinski definition) is 1. The van der Waals surface area contributed by atoms with Gasteiger partial charge < -0.3 is 19.0 Å². The molecular weight excluding hydrogens is 532 g/mol. The third kappa shape index (κ3) is 5.13. The van der Waals surface area contributed by atoms with E-state index in [1.54, 1.807) is 56.3 Å². The second-order valence-electron chi connectivity index (χ2n) is 8.89. The van der Waals surface area contributed by atoms with Crippen molar-refractivity contribution in [1.82, 2.24) is 4.57 Å². The molecule has 0 saturated carbocycles. The van der Waals surface area contributed by atoms with Gasteiger partial charge in [0.05, 0.1) is 40.6 Å². The quantitative estimate of drug-likeness (QED) is 0.323. The number of aromatic nitrogens is 1. The Kier molecular flexibility index (Phi) is 7.52. The molecule has 1 aliphatic rings. The SMILES string of the molecule is CCOC(=O)C1=C(C)N=c2sc(=Cc3ccc(-c4ccc(C(=O)O)cc4)o3)c(=O)n2[C@@H]1c1ccc(OCC)cc1. The number of nitrogens with zero attached hydrogens (tertiary/aromatic N) is 2. The van der Waals surface area contributed by atoms with Crippen molar-refractivity contribution in [3.63, 3.8) is 0 Å². The minimum atomic E-state index is -1.01. The van der Waals surface area contributed by atoms with Crippen LogP contribution >= 0.6 is 11.3 Å². The molecule has 0 unspecified atom stereocenters. The molecule has 2 aromatic carbocycles. The van der Waals surface area contributed by atoms with Gasteiger partial charge in [-0.05, 0) is 62.7 Å². The van der Waals surface area contributed by atoms with E-state index in [9.17, 15) is 14.4 Å². The number of furan rings is 1. The Labute approximate surface area is 232 Å². The Bertz CT molecular complexity index is 1790. The van der Waals surface area contributed by atoms with Crippen LogP contribution in [0.1, 0.15) is 48.5 Å². The number of fused-ring (bicyclic) bond motifs is 1. The van der Waals surface area contributed by atoms with Gasteiger partial charge in [0.1, 0.15) is 17.3 Å². The van der Waals surface area contributed by atoms with Crippen molar-refractivity contribution in [2.24, 2.45) is 4.99 Å². The number of thiazole rings is 1. The lowest BCUT2D eigenvalue weighted by atomic mass is 9.96. The normalized spacial score (nSPS) is 15.0. The fraction of sp³-hybridized carbons (Fsp3) is 0.200. The van der Waals surface area contributed by atoms with E-state index in [-0.39, 0.29) is 17.7 Å². The molecule has 40 heavy (non-hydrogen) atoms. The van der Waals surface area contributed by atoms with Crippen LogP contribution in [0.3, 0.4) is 0 Å². The highest BCUT2D eigenvalue weighted by Crippen LogP contribution is 2.31. The molecule has 0 fully saturated rings. The fourth-order valence-electron chi connectivity index (χ4n) is 4.51. The highest BCUT2D eigenvalue weighted by Gasteiger charge is 2.33. The summed E-state index contributed by atoms with van der Waals surface area (Å²) in [5.74, 6) is 0.127. The summed E-state index contributed by atoms with van der Waals surface area (Å²) >= 11 is 1.20. The Morgan fingerprint density at radius 2 is 1.77 bits per heavy atom. The van der Waals surface area contributed by atoms with Gasteiger partial charge in [-0.2, -0.15) is 0 Å². The topological polar surface area (TPSA) is 120 Å². The molecule has 1 atom stereocenters.